The van der Waals surface area contributed by atoms with Crippen molar-refractivity contribution in [3.05, 3.63) is 140 Å². The maximum atomic E-state index is 5.36. The smallest absolute Gasteiger partial charge is 0.138 e. The fraction of sp³-hybridized carbons (Fsp3) is 0. The molecule has 46 heavy (non-hydrogen) atoms. The normalized spacial score (nSPS) is 12.3. The molecule has 5 nitrogen and oxygen atoms in total. The van der Waals surface area contributed by atoms with E-state index in [9.17, 15) is 0 Å². The number of hydrogen-bond acceptors (Lipinski definition) is 3. The predicted molar refractivity (Wildman–Crippen MR) is 188 cm³/mol. The molecule has 6 aromatic carbocycles. The van der Waals surface area contributed by atoms with Crippen LogP contribution in [-0.4, -0.2) is 24.1 Å². The summed E-state index contributed by atoms with van der Waals surface area (Å²) < 4.78 is 4.79. The summed E-state index contributed by atoms with van der Waals surface area (Å²) in [7, 11) is 0. The molecule has 0 unspecified atom stereocenters. The van der Waals surface area contributed by atoms with Gasteiger partial charge in [-0.3, -0.25) is 4.57 Å². The van der Waals surface area contributed by atoms with Gasteiger partial charge in [0.1, 0.15) is 5.82 Å². The van der Waals surface area contributed by atoms with Crippen LogP contribution in [-0.2, 0) is 0 Å². The van der Waals surface area contributed by atoms with Crippen LogP contribution in [0, 0.1) is 0 Å². The fourth-order valence-electron chi connectivity index (χ4n) is 7.70. The van der Waals surface area contributed by atoms with E-state index in [0.29, 0.717) is 0 Å². The Balaban J connectivity index is 1.42. The Morgan fingerprint density at radius 3 is 1.87 bits per heavy atom. The van der Waals surface area contributed by atoms with Crippen molar-refractivity contribution < 1.29 is 0 Å². The van der Waals surface area contributed by atoms with E-state index in [4.69, 9.17) is 15.0 Å². The Hall–Kier alpha value is -6.33. The largest absolute Gasteiger partial charge is 0.308 e. The number of nitrogens with zero attached hydrogens (tertiary/aromatic N) is 5. The highest BCUT2D eigenvalue weighted by Gasteiger charge is 2.30. The highest BCUT2D eigenvalue weighted by Crippen LogP contribution is 2.50. The number of benzene rings is 6. The molecular weight excluding hydrogens is 562 g/mol. The molecule has 0 radical (unpaired) electrons. The Morgan fingerprint density at radius 2 is 1.04 bits per heavy atom. The molecule has 5 heteroatoms. The van der Waals surface area contributed by atoms with Gasteiger partial charge in [-0.1, -0.05) is 84.9 Å². The standard InChI is InChI=1S/C41H23N5/c1-5-15-30-24(11-1)21-22-36(42-30)46-33-18-8-2-12-25(33)28-23-29-39-38(43-31-16-6-7-17-32(31)44-39)27-14-4-10-20-35(27)45-34-19-9-3-13-26(34)37(40(28)46)41(29)45/h1-23H. The molecule has 1 aliphatic rings. The molecule has 5 heterocycles. The Kier molecular flexibility index (Phi) is 4.52. The zero-order valence-corrected chi connectivity index (χ0v) is 24.5. The molecule has 212 valence electrons. The van der Waals surface area contributed by atoms with Crippen LogP contribution < -0.4 is 0 Å². The Labute approximate surface area is 262 Å². The van der Waals surface area contributed by atoms with Crippen LogP contribution in [0.2, 0.25) is 0 Å². The molecule has 0 amide bonds. The molecule has 0 fully saturated rings. The Bertz CT molecular complexity index is 2930. The predicted octanol–water partition coefficient (Wildman–Crippen LogP) is 10.0. The van der Waals surface area contributed by atoms with Gasteiger partial charge >= 0.3 is 0 Å². The van der Waals surface area contributed by atoms with E-state index in [1.807, 2.05) is 12.1 Å². The maximum absolute atomic E-state index is 5.36. The second kappa shape index (κ2) is 8.65. The van der Waals surface area contributed by atoms with Crippen LogP contribution in [0.5, 0.6) is 0 Å². The summed E-state index contributed by atoms with van der Waals surface area (Å²) in [6.07, 6.45) is 0. The van der Waals surface area contributed by atoms with Crippen molar-refractivity contribution in [2.75, 3.05) is 0 Å². The van der Waals surface area contributed by atoms with Crippen molar-refractivity contribution in [1.29, 1.82) is 0 Å². The minimum Gasteiger partial charge on any atom is -0.308 e. The van der Waals surface area contributed by atoms with E-state index < -0.39 is 0 Å². The maximum Gasteiger partial charge on any atom is 0.138 e. The zero-order valence-electron chi connectivity index (χ0n) is 24.5. The molecule has 10 aromatic rings. The van der Waals surface area contributed by atoms with E-state index >= 15 is 0 Å². The van der Waals surface area contributed by atoms with Crippen molar-refractivity contribution >= 4 is 65.5 Å². The molecular formula is C41H23N5. The van der Waals surface area contributed by atoms with Crippen LogP contribution in [0.15, 0.2) is 140 Å². The molecule has 11 rings (SSSR count). The van der Waals surface area contributed by atoms with Gasteiger partial charge in [-0.15, -0.1) is 0 Å². The Morgan fingerprint density at radius 1 is 0.413 bits per heavy atom. The molecule has 4 aromatic heterocycles. The lowest BCUT2D eigenvalue weighted by molar-refractivity contribution is 1.11. The first-order valence-electron chi connectivity index (χ1n) is 15.6. The fourth-order valence-corrected chi connectivity index (χ4v) is 7.70. The third-order valence-corrected chi connectivity index (χ3v) is 9.61. The van der Waals surface area contributed by atoms with E-state index in [0.717, 1.165) is 78.0 Å². The average Bonchev–Trinajstić information content (AvgIpc) is 3.60. The first kappa shape index (κ1) is 24.0. The number of hydrogen-bond donors (Lipinski definition) is 0. The van der Waals surface area contributed by atoms with Gasteiger partial charge in [0.2, 0.25) is 0 Å². The van der Waals surface area contributed by atoms with Crippen LogP contribution in [0.1, 0.15) is 0 Å². The van der Waals surface area contributed by atoms with Gasteiger partial charge in [0.15, 0.2) is 0 Å². The van der Waals surface area contributed by atoms with Crippen LogP contribution in [0.25, 0.3) is 99.6 Å². The highest BCUT2D eigenvalue weighted by atomic mass is 15.1. The number of fused-ring (bicyclic) bond motifs is 14. The lowest BCUT2D eigenvalue weighted by atomic mass is 9.98. The summed E-state index contributed by atoms with van der Waals surface area (Å²) in [6.45, 7) is 0. The van der Waals surface area contributed by atoms with Crippen molar-refractivity contribution in [2.24, 2.45) is 0 Å². The van der Waals surface area contributed by atoms with Gasteiger partial charge < -0.3 is 4.57 Å². The van der Waals surface area contributed by atoms with Gasteiger partial charge in [-0.25, -0.2) is 15.0 Å². The van der Waals surface area contributed by atoms with Gasteiger partial charge in [-0.2, -0.15) is 0 Å². The van der Waals surface area contributed by atoms with E-state index in [1.54, 1.807) is 0 Å². The second-order valence-electron chi connectivity index (χ2n) is 12.0. The third-order valence-electron chi connectivity index (χ3n) is 9.61. The second-order valence-corrected chi connectivity index (χ2v) is 12.0. The summed E-state index contributed by atoms with van der Waals surface area (Å²) in [5.41, 5.74) is 12.4. The molecule has 0 bridgehead atoms. The lowest BCUT2D eigenvalue weighted by Gasteiger charge is -2.12. The minimum absolute atomic E-state index is 0.888. The third kappa shape index (κ3) is 3.01. The SMILES string of the molecule is c1ccc2c(c1)-c1nc3ccccc3nc1-c1cc3c4ccccc4n(-c4ccc5ccccc5n4)c3c3c4ccccc4n-2c13. The van der Waals surface area contributed by atoms with Crippen LogP contribution in [0.3, 0.4) is 0 Å². The average molecular weight is 586 g/mol. The monoisotopic (exact) mass is 585 g/mol. The minimum atomic E-state index is 0.888. The van der Waals surface area contributed by atoms with Crippen molar-refractivity contribution in [3.8, 4) is 34.0 Å². The van der Waals surface area contributed by atoms with Crippen molar-refractivity contribution in [2.45, 2.75) is 0 Å². The molecule has 0 spiro atoms. The van der Waals surface area contributed by atoms with Crippen molar-refractivity contribution in [1.82, 2.24) is 24.1 Å². The number of aromatic nitrogens is 5. The van der Waals surface area contributed by atoms with Crippen LogP contribution in [0.4, 0.5) is 0 Å². The number of para-hydroxylation sites is 6. The molecule has 0 aliphatic carbocycles. The summed E-state index contributed by atoms with van der Waals surface area (Å²) in [4.78, 5) is 15.9. The molecule has 0 atom stereocenters. The quantitative estimate of drug-likeness (QED) is 0.193. The van der Waals surface area contributed by atoms with Crippen molar-refractivity contribution in [3.63, 3.8) is 0 Å². The summed E-state index contributed by atoms with van der Waals surface area (Å²) in [6, 6.07) is 49.2. The molecule has 1 aliphatic heterocycles. The molecule has 0 N–H and O–H groups in total. The summed E-state index contributed by atoms with van der Waals surface area (Å²) >= 11 is 0. The summed E-state index contributed by atoms with van der Waals surface area (Å²) in [5.74, 6) is 0.900. The lowest BCUT2D eigenvalue weighted by Crippen LogP contribution is -1.99. The topological polar surface area (TPSA) is 48.5 Å². The van der Waals surface area contributed by atoms with Gasteiger partial charge in [0.05, 0.1) is 55.7 Å². The van der Waals surface area contributed by atoms with Crippen LogP contribution >= 0.6 is 0 Å². The highest BCUT2D eigenvalue weighted by molar-refractivity contribution is 6.30. The zero-order chi connectivity index (χ0) is 29.9. The van der Waals surface area contributed by atoms with Gasteiger partial charge in [-0.05, 0) is 54.6 Å². The number of pyridine rings is 1. The van der Waals surface area contributed by atoms with Gasteiger partial charge in [0.25, 0.3) is 0 Å². The van der Waals surface area contributed by atoms with E-state index in [2.05, 4.69) is 137 Å². The van der Waals surface area contributed by atoms with E-state index in [1.165, 1.54) is 21.5 Å². The van der Waals surface area contributed by atoms with E-state index in [-0.39, 0.29) is 0 Å². The first-order chi connectivity index (χ1) is 22.8. The van der Waals surface area contributed by atoms with Gasteiger partial charge in [0, 0.05) is 38.1 Å². The number of rotatable bonds is 1. The summed E-state index contributed by atoms with van der Waals surface area (Å²) in [5, 5.41) is 5.86. The molecule has 0 saturated heterocycles. The first-order valence-corrected chi connectivity index (χ1v) is 15.6. The molecule has 0 saturated carbocycles.